The molecule has 0 aromatic rings. The zero-order chi connectivity index (χ0) is 17.0. The summed E-state index contributed by atoms with van der Waals surface area (Å²) in [7, 11) is 0. The molecule has 0 radical (unpaired) electrons. The highest BCUT2D eigenvalue weighted by atomic mass is 15.3. The Morgan fingerprint density at radius 1 is 0.818 bits per heavy atom. The third-order valence-electron chi connectivity index (χ3n) is 4.95. The first kappa shape index (κ1) is 21.9. The predicted molar refractivity (Wildman–Crippen MR) is 100 cm³/mol. The number of nitrogens with one attached hydrogen (secondary N) is 1. The van der Waals surface area contributed by atoms with E-state index in [1.807, 2.05) is 0 Å². The van der Waals surface area contributed by atoms with Crippen LogP contribution in [0, 0.1) is 5.92 Å². The number of rotatable bonds is 14. The van der Waals surface area contributed by atoms with Gasteiger partial charge in [-0.2, -0.15) is 0 Å². The second-order valence-electron chi connectivity index (χ2n) is 6.67. The maximum Gasteiger partial charge on any atom is 0.0625 e. The van der Waals surface area contributed by atoms with Gasteiger partial charge < -0.3 is 4.90 Å². The number of hydrogen-bond donors (Lipinski definition) is 1. The van der Waals surface area contributed by atoms with Crippen molar-refractivity contribution in [3.05, 3.63) is 0 Å². The van der Waals surface area contributed by atoms with Gasteiger partial charge in [0.15, 0.2) is 0 Å². The van der Waals surface area contributed by atoms with E-state index in [1.165, 1.54) is 45.3 Å². The van der Waals surface area contributed by atoms with E-state index in [0.29, 0.717) is 12.2 Å². The molecular weight excluding hydrogens is 270 g/mol. The minimum Gasteiger partial charge on any atom is -0.304 e. The van der Waals surface area contributed by atoms with E-state index >= 15 is 0 Å². The Kier molecular flexibility index (Phi) is 13.3. The van der Waals surface area contributed by atoms with Gasteiger partial charge in [-0.05, 0) is 64.8 Å². The molecule has 3 unspecified atom stereocenters. The maximum absolute atomic E-state index is 3.92. The third kappa shape index (κ3) is 8.50. The highest BCUT2D eigenvalue weighted by Gasteiger charge is 2.23. The van der Waals surface area contributed by atoms with Crippen molar-refractivity contribution in [1.29, 1.82) is 0 Å². The van der Waals surface area contributed by atoms with Crippen molar-refractivity contribution in [2.45, 2.75) is 86.4 Å². The van der Waals surface area contributed by atoms with E-state index in [1.54, 1.807) is 0 Å². The Labute approximate surface area is 140 Å². The summed E-state index contributed by atoms with van der Waals surface area (Å²) in [4.78, 5) is 5.11. The summed E-state index contributed by atoms with van der Waals surface area (Å²) in [5.74, 6) is 0.718. The molecule has 3 heteroatoms. The van der Waals surface area contributed by atoms with E-state index in [9.17, 15) is 0 Å². The van der Waals surface area contributed by atoms with E-state index in [2.05, 4.69) is 63.6 Å². The molecule has 3 nitrogen and oxygen atoms in total. The van der Waals surface area contributed by atoms with E-state index in [-0.39, 0.29) is 0 Å². The largest absolute Gasteiger partial charge is 0.304 e. The Morgan fingerprint density at radius 2 is 1.41 bits per heavy atom. The summed E-state index contributed by atoms with van der Waals surface area (Å²) in [6, 6.07) is 0.598. The molecule has 0 aromatic heterocycles. The first-order valence-electron chi connectivity index (χ1n) is 9.76. The zero-order valence-corrected chi connectivity index (χ0v) is 16.5. The van der Waals surface area contributed by atoms with Crippen LogP contribution >= 0.6 is 0 Å². The van der Waals surface area contributed by atoms with Crippen molar-refractivity contribution in [3.8, 4) is 0 Å². The minimum absolute atomic E-state index is 0.526. The van der Waals surface area contributed by atoms with Gasteiger partial charge >= 0.3 is 0 Å². The summed E-state index contributed by atoms with van der Waals surface area (Å²) in [5.41, 5.74) is 0. The van der Waals surface area contributed by atoms with Gasteiger partial charge in [-0.15, -0.1) is 0 Å². The van der Waals surface area contributed by atoms with Gasteiger partial charge in [-0.25, -0.2) is 0 Å². The van der Waals surface area contributed by atoms with Crippen LogP contribution in [0.4, 0.5) is 0 Å². The Morgan fingerprint density at radius 3 is 1.86 bits per heavy atom. The Balaban J connectivity index is 4.39. The lowest BCUT2D eigenvalue weighted by molar-refractivity contribution is 0.112. The van der Waals surface area contributed by atoms with Crippen LogP contribution in [0.2, 0.25) is 0 Å². The molecule has 0 aliphatic heterocycles. The molecule has 1 N–H and O–H groups in total. The average Bonchev–Trinajstić information content (AvgIpc) is 2.52. The zero-order valence-electron chi connectivity index (χ0n) is 16.5. The number of hydrogen-bond acceptors (Lipinski definition) is 3. The molecule has 0 rings (SSSR count). The van der Waals surface area contributed by atoms with Crippen molar-refractivity contribution in [2.24, 2.45) is 5.92 Å². The van der Waals surface area contributed by atoms with Gasteiger partial charge in [-0.3, -0.25) is 10.2 Å². The summed E-state index contributed by atoms with van der Waals surface area (Å²) in [6.07, 6.45) is 5.67. The lowest BCUT2D eigenvalue weighted by atomic mass is 10.00. The highest BCUT2D eigenvalue weighted by molar-refractivity contribution is 4.77. The van der Waals surface area contributed by atoms with E-state index in [4.69, 9.17) is 0 Å². The van der Waals surface area contributed by atoms with Gasteiger partial charge in [0.05, 0.1) is 6.17 Å². The first-order valence-corrected chi connectivity index (χ1v) is 9.76. The molecule has 0 spiro atoms. The maximum atomic E-state index is 3.92. The molecule has 0 saturated carbocycles. The third-order valence-corrected chi connectivity index (χ3v) is 4.95. The van der Waals surface area contributed by atoms with Gasteiger partial charge in [-0.1, -0.05) is 48.0 Å². The monoisotopic (exact) mass is 313 g/mol. The molecule has 22 heavy (non-hydrogen) atoms. The number of nitrogens with zero attached hydrogens (tertiary/aromatic N) is 2. The molecule has 0 saturated heterocycles. The van der Waals surface area contributed by atoms with Gasteiger partial charge in [0.25, 0.3) is 0 Å². The van der Waals surface area contributed by atoms with Crippen molar-refractivity contribution < 1.29 is 0 Å². The molecule has 0 fully saturated rings. The average molecular weight is 314 g/mol. The molecular formula is C19H43N3. The molecule has 0 heterocycles. The Hall–Kier alpha value is -0.120. The topological polar surface area (TPSA) is 18.5 Å². The van der Waals surface area contributed by atoms with Gasteiger partial charge in [0.2, 0.25) is 0 Å². The summed E-state index contributed by atoms with van der Waals surface area (Å²) >= 11 is 0. The molecule has 0 bridgehead atoms. The fourth-order valence-electron chi connectivity index (χ4n) is 3.40. The first-order chi connectivity index (χ1) is 10.5. The minimum atomic E-state index is 0.526. The van der Waals surface area contributed by atoms with E-state index < -0.39 is 0 Å². The van der Waals surface area contributed by atoms with Crippen LogP contribution in [0.5, 0.6) is 0 Å². The fourth-order valence-corrected chi connectivity index (χ4v) is 3.40. The predicted octanol–water partition coefficient (Wildman–Crippen LogP) is 4.19. The molecule has 0 aliphatic carbocycles. The standard InChI is InChI=1S/C19H43N3/c1-8-14-17(6)19(22(11-4)12-5)20-18(7)15-13-16-21(9-2)10-3/h17-20H,8-16H2,1-7H3. The molecule has 0 aliphatic rings. The Bertz CT molecular complexity index is 237. The quantitative estimate of drug-likeness (QED) is 0.485. The molecule has 0 amide bonds. The summed E-state index contributed by atoms with van der Waals surface area (Å²) < 4.78 is 0. The van der Waals surface area contributed by atoms with Crippen LogP contribution in [-0.2, 0) is 0 Å². The summed E-state index contributed by atoms with van der Waals surface area (Å²) in [6.45, 7) is 22.0. The van der Waals surface area contributed by atoms with Crippen molar-refractivity contribution >= 4 is 0 Å². The van der Waals surface area contributed by atoms with Crippen LogP contribution in [-0.4, -0.2) is 54.7 Å². The van der Waals surface area contributed by atoms with Crippen LogP contribution in [0.25, 0.3) is 0 Å². The van der Waals surface area contributed by atoms with Crippen molar-refractivity contribution in [2.75, 3.05) is 32.7 Å². The smallest absolute Gasteiger partial charge is 0.0625 e. The van der Waals surface area contributed by atoms with Crippen LogP contribution in [0.15, 0.2) is 0 Å². The lowest BCUT2D eigenvalue weighted by Gasteiger charge is -2.37. The van der Waals surface area contributed by atoms with Crippen LogP contribution < -0.4 is 5.32 Å². The van der Waals surface area contributed by atoms with E-state index in [0.717, 1.165) is 19.0 Å². The summed E-state index contributed by atoms with van der Waals surface area (Å²) in [5, 5.41) is 3.92. The second-order valence-corrected chi connectivity index (χ2v) is 6.67. The second kappa shape index (κ2) is 13.3. The van der Waals surface area contributed by atoms with Crippen LogP contribution in [0.1, 0.15) is 74.1 Å². The molecule has 0 aromatic carbocycles. The van der Waals surface area contributed by atoms with Crippen molar-refractivity contribution in [3.63, 3.8) is 0 Å². The van der Waals surface area contributed by atoms with Crippen molar-refractivity contribution in [1.82, 2.24) is 15.1 Å². The molecule has 134 valence electrons. The molecule has 3 atom stereocenters. The fraction of sp³-hybridized carbons (Fsp3) is 1.00. The van der Waals surface area contributed by atoms with Gasteiger partial charge in [0, 0.05) is 6.04 Å². The SMILES string of the molecule is CCCC(C)C(NC(C)CCCN(CC)CC)N(CC)CC. The highest BCUT2D eigenvalue weighted by Crippen LogP contribution is 2.16. The van der Waals surface area contributed by atoms with Crippen LogP contribution in [0.3, 0.4) is 0 Å². The normalized spacial score (nSPS) is 16.2. The van der Waals surface area contributed by atoms with Gasteiger partial charge in [0.1, 0.15) is 0 Å². The lowest BCUT2D eigenvalue weighted by Crippen LogP contribution is -2.52.